The van der Waals surface area contributed by atoms with Gasteiger partial charge in [0.2, 0.25) is 5.91 Å². The molecule has 0 atom stereocenters. The van der Waals surface area contributed by atoms with Crippen LogP contribution in [0.1, 0.15) is 18.1 Å². The van der Waals surface area contributed by atoms with Crippen LogP contribution in [0.3, 0.4) is 0 Å². The third-order valence-corrected chi connectivity index (χ3v) is 6.55. The maximum atomic E-state index is 13.3. The van der Waals surface area contributed by atoms with E-state index in [0.717, 1.165) is 27.7 Å². The third-order valence-electron chi connectivity index (χ3n) is 5.57. The van der Waals surface area contributed by atoms with Gasteiger partial charge in [-0.2, -0.15) is 0 Å². The first-order valence-corrected chi connectivity index (χ1v) is 11.4. The van der Waals surface area contributed by atoms with E-state index in [2.05, 4.69) is 5.32 Å². The molecule has 4 aromatic rings. The molecule has 0 aliphatic rings. The number of rotatable bonds is 6. The first kappa shape index (κ1) is 22.0. The van der Waals surface area contributed by atoms with Crippen LogP contribution in [0.4, 0.5) is 5.69 Å². The van der Waals surface area contributed by atoms with E-state index in [1.165, 1.54) is 11.8 Å². The number of carbonyl (C=O) groups excluding carboxylic acids is 1. The number of nitrogens with zero attached hydrogens (tertiary/aromatic N) is 3. The van der Waals surface area contributed by atoms with Crippen molar-refractivity contribution in [2.75, 3.05) is 18.2 Å². The topological polar surface area (TPSA) is 78.2 Å². The van der Waals surface area contributed by atoms with E-state index in [9.17, 15) is 9.59 Å². The molecule has 0 saturated heterocycles. The molecule has 2 heterocycles. The van der Waals surface area contributed by atoms with Crippen LogP contribution in [-0.2, 0) is 18.4 Å². The van der Waals surface area contributed by atoms with Crippen LogP contribution in [0, 0.1) is 13.8 Å². The van der Waals surface area contributed by atoms with Crippen molar-refractivity contribution in [3.63, 3.8) is 0 Å². The fraction of sp³-hybridized carbons (Fsp3) is 0.292. The SMILES string of the molecule is CCn1c(SCC(=O)Nc2ccc(C)cc2C)nc2c3cc(OC)ccc3n(C)c2c1=O. The Kier molecular flexibility index (Phi) is 5.97. The van der Waals surface area contributed by atoms with Crippen LogP contribution in [0.15, 0.2) is 46.3 Å². The zero-order valence-corrected chi connectivity index (χ0v) is 19.7. The van der Waals surface area contributed by atoms with Gasteiger partial charge in [0.1, 0.15) is 16.8 Å². The fourth-order valence-electron chi connectivity index (χ4n) is 3.92. The van der Waals surface area contributed by atoms with Crippen LogP contribution < -0.4 is 15.6 Å². The normalized spacial score (nSPS) is 11.3. The Bertz CT molecular complexity index is 1400. The number of aromatic nitrogens is 3. The first-order chi connectivity index (χ1) is 15.3. The van der Waals surface area contributed by atoms with Crippen LogP contribution in [0.5, 0.6) is 5.75 Å². The molecular formula is C24H26N4O3S. The van der Waals surface area contributed by atoms with Crippen molar-refractivity contribution in [1.29, 1.82) is 0 Å². The predicted octanol–water partition coefficient (Wildman–Crippen LogP) is 4.26. The van der Waals surface area contributed by atoms with E-state index in [4.69, 9.17) is 9.72 Å². The standard InChI is InChI=1S/C24H26N4O3S/c1-6-28-23(30)22-21(17-12-16(31-5)8-10-19(17)27(22)4)26-24(28)32-13-20(29)25-18-9-7-14(2)11-15(18)3/h7-12H,6,13H2,1-5H3,(H,25,29). The molecule has 32 heavy (non-hydrogen) atoms. The van der Waals surface area contributed by atoms with Crippen LogP contribution >= 0.6 is 11.8 Å². The van der Waals surface area contributed by atoms with Crippen molar-refractivity contribution in [2.45, 2.75) is 32.5 Å². The van der Waals surface area contributed by atoms with E-state index in [-0.39, 0.29) is 17.2 Å². The Morgan fingerprint density at radius 1 is 1.19 bits per heavy atom. The molecule has 166 valence electrons. The molecule has 1 amide bonds. The lowest BCUT2D eigenvalue weighted by molar-refractivity contribution is -0.113. The Morgan fingerprint density at radius 3 is 2.66 bits per heavy atom. The quantitative estimate of drug-likeness (QED) is 0.351. The number of aryl methyl sites for hydroxylation is 3. The second kappa shape index (κ2) is 8.70. The summed E-state index contributed by atoms with van der Waals surface area (Å²) in [4.78, 5) is 30.7. The summed E-state index contributed by atoms with van der Waals surface area (Å²) in [6.07, 6.45) is 0. The molecule has 2 aromatic carbocycles. The van der Waals surface area contributed by atoms with Gasteiger partial charge in [-0.15, -0.1) is 0 Å². The molecule has 0 spiro atoms. The molecule has 8 heteroatoms. The third kappa shape index (κ3) is 3.86. The Balaban J connectivity index is 1.69. The first-order valence-electron chi connectivity index (χ1n) is 10.4. The fourth-order valence-corrected chi connectivity index (χ4v) is 4.78. The van der Waals surface area contributed by atoms with Gasteiger partial charge in [0.15, 0.2) is 5.16 Å². The number of ether oxygens (including phenoxy) is 1. The summed E-state index contributed by atoms with van der Waals surface area (Å²) in [5.74, 6) is 0.714. The molecule has 0 unspecified atom stereocenters. The molecule has 0 radical (unpaired) electrons. The Labute approximate surface area is 190 Å². The Hall–Kier alpha value is -3.26. The number of methoxy groups -OCH3 is 1. The number of benzene rings is 2. The summed E-state index contributed by atoms with van der Waals surface area (Å²) in [6, 6.07) is 11.6. The Morgan fingerprint density at radius 2 is 1.97 bits per heavy atom. The second-order valence-electron chi connectivity index (χ2n) is 7.74. The van der Waals surface area contributed by atoms with E-state index in [1.54, 1.807) is 11.7 Å². The van der Waals surface area contributed by atoms with Crippen molar-refractivity contribution in [3.05, 3.63) is 57.9 Å². The highest BCUT2D eigenvalue weighted by atomic mass is 32.2. The van der Waals surface area contributed by atoms with Gasteiger partial charge in [0, 0.05) is 24.7 Å². The van der Waals surface area contributed by atoms with Gasteiger partial charge >= 0.3 is 0 Å². The monoisotopic (exact) mass is 450 g/mol. The van der Waals surface area contributed by atoms with E-state index < -0.39 is 0 Å². The van der Waals surface area contributed by atoms with Gasteiger partial charge in [-0.1, -0.05) is 29.5 Å². The van der Waals surface area contributed by atoms with Gasteiger partial charge in [-0.05, 0) is 50.6 Å². The highest BCUT2D eigenvalue weighted by molar-refractivity contribution is 7.99. The molecule has 4 rings (SSSR count). The van der Waals surface area contributed by atoms with Gasteiger partial charge in [-0.3, -0.25) is 14.2 Å². The van der Waals surface area contributed by atoms with Crippen molar-refractivity contribution in [2.24, 2.45) is 7.05 Å². The number of hydrogen-bond acceptors (Lipinski definition) is 5. The lowest BCUT2D eigenvalue weighted by atomic mass is 10.1. The van der Waals surface area contributed by atoms with Gasteiger partial charge in [0.25, 0.3) is 5.56 Å². The van der Waals surface area contributed by atoms with E-state index in [1.807, 2.05) is 68.8 Å². The summed E-state index contributed by atoms with van der Waals surface area (Å²) >= 11 is 1.26. The molecule has 0 fully saturated rings. The molecule has 0 aliphatic heterocycles. The average molecular weight is 451 g/mol. The number of amides is 1. The maximum Gasteiger partial charge on any atom is 0.278 e. The van der Waals surface area contributed by atoms with Crippen molar-refractivity contribution < 1.29 is 9.53 Å². The number of carbonyl (C=O) groups is 1. The molecule has 0 aliphatic carbocycles. The van der Waals surface area contributed by atoms with Gasteiger partial charge < -0.3 is 14.6 Å². The zero-order valence-electron chi connectivity index (χ0n) is 18.9. The summed E-state index contributed by atoms with van der Waals surface area (Å²) in [6.45, 7) is 6.35. The zero-order chi connectivity index (χ0) is 23.0. The number of hydrogen-bond donors (Lipinski definition) is 1. The molecule has 0 saturated carbocycles. The summed E-state index contributed by atoms with van der Waals surface area (Å²) in [7, 11) is 3.48. The maximum absolute atomic E-state index is 13.3. The van der Waals surface area contributed by atoms with Gasteiger partial charge in [-0.25, -0.2) is 4.98 Å². The van der Waals surface area contributed by atoms with Crippen LogP contribution in [-0.4, -0.2) is 32.9 Å². The van der Waals surface area contributed by atoms with E-state index >= 15 is 0 Å². The number of fused-ring (bicyclic) bond motifs is 3. The molecule has 1 N–H and O–H groups in total. The highest BCUT2D eigenvalue weighted by Crippen LogP contribution is 2.30. The highest BCUT2D eigenvalue weighted by Gasteiger charge is 2.19. The van der Waals surface area contributed by atoms with Crippen molar-refractivity contribution in [1.82, 2.24) is 14.1 Å². The minimum atomic E-state index is -0.140. The average Bonchev–Trinajstić information content (AvgIpc) is 3.05. The van der Waals surface area contributed by atoms with Crippen LogP contribution in [0.25, 0.3) is 21.9 Å². The lowest BCUT2D eigenvalue weighted by Crippen LogP contribution is -2.24. The van der Waals surface area contributed by atoms with E-state index in [0.29, 0.717) is 28.5 Å². The summed E-state index contributed by atoms with van der Waals surface area (Å²) in [5, 5.41) is 4.33. The lowest BCUT2D eigenvalue weighted by Gasteiger charge is -2.12. The molecular weight excluding hydrogens is 424 g/mol. The smallest absolute Gasteiger partial charge is 0.278 e. The molecule has 7 nitrogen and oxygen atoms in total. The molecule has 0 bridgehead atoms. The number of anilines is 1. The summed E-state index contributed by atoms with van der Waals surface area (Å²) in [5.41, 5.74) is 4.89. The number of thioether (sulfide) groups is 1. The molecule has 2 aromatic heterocycles. The largest absolute Gasteiger partial charge is 0.497 e. The minimum Gasteiger partial charge on any atom is -0.497 e. The van der Waals surface area contributed by atoms with Crippen molar-refractivity contribution in [3.8, 4) is 5.75 Å². The summed E-state index contributed by atoms with van der Waals surface area (Å²) < 4.78 is 8.85. The second-order valence-corrected chi connectivity index (χ2v) is 8.68. The minimum absolute atomic E-state index is 0.118. The predicted molar refractivity (Wildman–Crippen MR) is 130 cm³/mol. The number of nitrogens with one attached hydrogen (secondary N) is 1. The van der Waals surface area contributed by atoms with Crippen LogP contribution in [0.2, 0.25) is 0 Å². The van der Waals surface area contributed by atoms with Crippen molar-refractivity contribution >= 4 is 45.3 Å². The van der Waals surface area contributed by atoms with Gasteiger partial charge in [0.05, 0.1) is 18.4 Å².